The molecule has 1 fully saturated rings. The zero-order valence-electron chi connectivity index (χ0n) is 11.8. The zero-order chi connectivity index (χ0) is 13.9. The molecule has 1 aromatic carbocycles. The molecule has 0 aliphatic carbocycles. The Morgan fingerprint density at radius 1 is 1.20 bits per heavy atom. The summed E-state index contributed by atoms with van der Waals surface area (Å²) in [5.41, 5.74) is 3.44. The first-order valence-corrected chi connectivity index (χ1v) is 7.23. The Morgan fingerprint density at radius 2 is 1.90 bits per heavy atom. The van der Waals surface area contributed by atoms with Crippen LogP contribution in [0.25, 0.3) is 0 Å². The number of benzene rings is 1. The third kappa shape index (κ3) is 2.75. The van der Waals surface area contributed by atoms with Crippen molar-refractivity contribution in [2.75, 3.05) is 37.7 Å². The van der Waals surface area contributed by atoms with Gasteiger partial charge in [-0.05, 0) is 17.7 Å². The van der Waals surface area contributed by atoms with Gasteiger partial charge in [-0.25, -0.2) is 0 Å². The topological polar surface area (TPSA) is 41.9 Å². The maximum atomic E-state index is 11.4. The van der Waals surface area contributed by atoms with Crippen molar-refractivity contribution in [2.45, 2.75) is 13.3 Å². The van der Waals surface area contributed by atoms with Crippen LogP contribution >= 0.6 is 0 Å². The average molecular weight is 272 g/mol. The van der Waals surface area contributed by atoms with E-state index in [0.717, 1.165) is 37.6 Å². The lowest BCUT2D eigenvalue weighted by Gasteiger charge is -2.29. The largest absolute Gasteiger partial charge is 0.378 e. The van der Waals surface area contributed by atoms with Gasteiger partial charge in [0.1, 0.15) is 0 Å². The number of carbonyl (C=O) groups excluding carboxylic acids is 1. The Labute approximate surface area is 119 Å². The molecular formula is C16H20N2O2. The second kappa shape index (κ2) is 5.75. The molecule has 0 saturated carbocycles. The standard InChI is InChI=1S/C16H20N2O2/c1-12-10-15(19)11-17-16(12)13-2-4-14(5-3-13)18-6-8-20-9-7-18/h2-5,12H,6-11H2,1H3/t12-/m1/s1. The van der Waals surface area contributed by atoms with Crippen molar-refractivity contribution >= 4 is 17.2 Å². The molecule has 0 amide bonds. The third-order valence-corrected chi connectivity index (χ3v) is 3.97. The summed E-state index contributed by atoms with van der Waals surface area (Å²) in [6.45, 7) is 5.91. The molecule has 0 aromatic heterocycles. The Balaban J connectivity index is 1.77. The number of carbonyl (C=O) groups is 1. The quantitative estimate of drug-likeness (QED) is 0.826. The number of nitrogens with zero attached hydrogens (tertiary/aromatic N) is 2. The van der Waals surface area contributed by atoms with Crippen molar-refractivity contribution in [1.29, 1.82) is 0 Å². The maximum absolute atomic E-state index is 11.4. The molecule has 4 nitrogen and oxygen atoms in total. The fraction of sp³-hybridized carbons (Fsp3) is 0.500. The summed E-state index contributed by atoms with van der Waals surface area (Å²) < 4.78 is 5.37. The van der Waals surface area contributed by atoms with E-state index < -0.39 is 0 Å². The maximum Gasteiger partial charge on any atom is 0.154 e. The number of hydrogen-bond acceptors (Lipinski definition) is 4. The highest BCUT2D eigenvalue weighted by Crippen LogP contribution is 2.21. The fourth-order valence-electron chi connectivity index (χ4n) is 2.87. The Kier molecular flexibility index (Phi) is 3.83. The van der Waals surface area contributed by atoms with Crippen LogP contribution in [0.1, 0.15) is 18.9 Å². The second-order valence-electron chi connectivity index (χ2n) is 5.49. The molecule has 4 heteroatoms. The lowest BCUT2D eigenvalue weighted by Crippen LogP contribution is -2.36. The minimum Gasteiger partial charge on any atom is -0.378 e. The first-order chi connectivity index (χ1) is 9.74. The van der Waals surface area contributed by atoms with Gasteiger partial charge in [-0.3, -0.25) is 9.79 Å². The fourth-order valence-corrected chi connectivity index (χ4v) is 2.87. The summed E-state index contributed by atoms with van der Waals surface area (Å²) in [4.78, 5) is 18.2. The number of aliphatic imine (C=N–C) groups is 1. The van der Waals surface area contributed by atoms with Crippen molar-refractivity contribution in [1.82, 2.24) is 0 Å². The molecular weight excluding hydrogens is 252 g/mol. The summed E-state index contributed by atoms with van der Waals surface area (Å²) >= 11 is 0. The van der Waals surface area contributed by atoms with Gasteiger partial charge in [0.2, 0.25) is 0 Å². The van der Waals surface area contributed by atoms with Gasteiger partial charge in [0.05, 0.1) is 19.8 Å². The molecule has 1 atom stereocenters. The first-order valence-electron chi connectivity index (χ1n) is 7.23. The number of rotatable bonds is 2. The van der Waals surface area contributed by atoms with Crippen LogP contribution in [0.4, 0.5) is 5.69 Å². The van der Waals surface area contributed by atoms with E-state index in [-0.39, 0.29) is 11.7 Å². The van der Waals surface area contributed by atoms with Gasteiger partial charge in [0, 0.05) is 36.8 Å². The number of ether oxygens (including phenoxy) is 1. The van der Waals surface area contributed by atoms with E-state index in [9.17, 15) is 4.79 Å². The van der Waals surface area contributed by atoms with Crippen molar-refractivity contribution in [3.63, 3.8) is 0 Å². The monoisotopic (exact) mass is 272 g/mol. The van der Waals surface area contributed by atoms with Crippen LogP contribution in [0.3, 0.4) is 0 Å². The minimum absolute atomic E-state index is 0.227. The molecule has 3 rings (SSSR count). The molecule has 106 valence electrons. The van der Waals surface area contributed by atoms with E-state index in [1.54, 1.807) is 0 Å². The lowest BCUT2D eigenvalue weighted by molar-refractivity contribution is -0.118. The highest BCUT2D eigenvalue weighted by Gasteiger charge is 2.21. The van der Waals surface area contributed by atoms with E-state index in [1.807, 2.05) is 0 Å². The molecule has 0 bridgehead atoms. The Bertz CT molecular complexity index is 516. The summed E-state index contributed by atoms with van der Waals surface area (Å²) in [6.07, 6.45) is 0.615. The van der Waals surface area contributed by atoms with Gasteiger partial charge in [-0.15, -0.1) is 0 Å². The van der Waals surface area contributed by atoms with Crippen LogP contribution in [0, 0.1) is 5.92 Å². The van der Waals surface area contributed by atoms with Gasteiger partial charge in [-0.2, -0.15) is 0 Å². The average Bonchev–Trinajstić information content (AvgIpc) is 2.48. The minimum atomic E-state index is 0.227. The first kappa shape index (κ1) is 13.3. The van der Waals surface area contributed by atoms with E-state index in [2.05, 4.69) is 41.1 Å². The van der Waals surface area contributed by atoms with Crippen LogP contribution in [0.15, 0.2) is 29.3 Å². The molecule has 0 radical (unpaired) electrons. The van der Waals surface area contributed by atoms with Crippen molar-refractivity contribution in [2.24, 2.45) is 10.9 Å². The summed E-state index contributed by atoms with van der Waals surface area (Å²) in [6, 6.07) is 8.53. The number of anilines is 1. The number of Topliss-reactive ketones (excluding diaryl/α,β-unsaturated/α-hetero) is 1. The van der Waals surface area contributed by atoms with Crippen molar-refractivity contribution in [3.8, 4) is 0 Å². The number of ketones is 1. The molecule has 2 aliphatic rings. The van der Waals surface area contributed by atoms with E-state index >= 15 is 0 Å². The van der Waals surface area contributed by atoms with E-state index in [1.165, 1.54) is 5.69 Å². The summed E-state index contributed by atoms with van der Waals surface area (Å²) in [5, 5.41) is 0. The highest BCUT2D eigenvalue weighted by molar-refractivity contribution is 6.07. The molecule has 1 aromatic rings. The van der Waals surface area contributed by atoms with Crippen molar-refractivity contribution < 1.29 is 9.53 Å². The van der Waals surface area contributed by atoms with Gasteiger partial charge < -0.3 is 9.64 Å². The van der Waals surface area contributed by atoms with Crippen LogP contribution in [-0.2, 0) is 9.53 Å². The van der Waals surface area contributed by atoms with Crippen LogP contribution < -0.4 is 4.90 Å². The Morgan fingerprint density at radius 3 is 2.55 bits per heavy atom. The molecule has 2 heterocycles. The lowest BCUT2D eigenvalue weighted by atomic mass is 9.91. The van der Waals surface area contributed by atoms with Gasteiger partial charge in [0.15, 0.2) is 5.78 Å². The summed E-state index contributed by atoms with van der Waals surface area (Å²) in [5.74, 6) is 0.469. The SMILES string of the molecule is C[C@@H]1CC(=O)CN=C1c1ccc(N2CCOCC2)cc1. The second-order valence-corrected chi connectivity index (χ2v) is 5.49. The third-order valence-electron chi connectivity index (χ3n) is 3.97. The predicted molar refractivity (Wildman–Crippen MR) is 79.7 cm³/mol. The molecule has 2 aliphatic heterocycles. The normalized spacial score (nSPS) is 23.6. The molecule has 0 unspecified atom stereocenters. The Hall–Kier alpha value is -1.68. The van der Waals surface area contributed by atoms with Crippen LogP contribution in [0.2, 0.25) is 0 Å². The number of morpholine rings is 1. The van der Waals surface area contributed by atoms with Crippen LogP contribution in [-0.4, -0.2) is 44.3 Å². The smallest absolute Gasteiger partial charge is 0.154 e. The molecule has 0 N–H and O–H groups in total. The highest BCUT2D eigenvalue weighted by atomic mass is 16.5. The number of hydrogen-bond donors (Lipinski definition) is 0. The summed E-state index contributed by atoms with van der Waals surface area (Å²) in [7, 11) is 0. The van der Waals surface area contributed by atoms with Crippen molar-refractivity contribution in [3.05, 3.63) is 29.8 Å². The van der Waals surface area contributed by atoms with Crippen LogP contribution in [0.5, 0.6) is 0 Å². The molecule has 20 heavy (non-hydrogen) atoms. The predicted octanol–water partition coefficient (Wildman–Crippen LogP) is 1.92. The van der Waals surface area contributed by atoms with E-state index in [4.69, 9.17) is 4.74 Å². The van der Waals surface area contributed by atoms with Gasteiger partial charge in [-0.1, -0.05) is 19.1 Å². The molecule has 0 spiro atoms. The molecule has 1 saturated heterocycles. The van der Waals surface area contributed by atoms with E-state index in [0.29, 0.717) is 13.0 Å². The van der Waals surface area contributed by atoms with Gasteiger partial charge >= 0.3 is 0 Å². The zero-order valence-corrected chi connectivity index (χ0v) is 11.8. The van der Waals surface area contributed by atoms with Gasteiger partial charge in [0.25, 0.3) is 0 Å².